The van der Waals surface area contributed by atoms with Crippen LogP contribution in [0.3, 0.4) is 0 Å². The van der Waals surface area contributed by atoms with Crippen LogP contribution in [0.2, 0.25) is 0 Å². The number of benzene rings is 3. The Labute approximate surface area is 199 Å². The fourth-order valence-corrected chi connectivity index (χ4v) is 3.80. The van der Waals surface area contributed by atoms with Crippen molar-refractivity contribution in [3.05, 3.63) is 127 Å². The Bertz CT molecular complexity index is 1370. The van der Waals surface area contributed by atoms with Gasteiger partial charge in [0.25, 0.3) is 0 Å². The zero-order valence-electron chi connectivity index (χ0n) is 18.4. The number of rotatable bonds is 6. The molecule has 170 valence electrons. The average Bonchev–Trinajstić information content (AvgIpc) is 3.71. The summed E-state index contributed by atoms with van der Waals surface area (Å²) in [5.41, 5.74) is 1.26. The molecule has 10 heteroatoms. The molecule has 0 aliphatic rings. The predicted octanol–water partition coefficient (Wildman–Crippen LogP) is 2.71. The lowest BCUT2D eigenvalue weighted by molar-refractivity contribution is 0.111. The summed E-state index contributed by atoms with van der Waals surface area (Å²) >= 11 is 0. The van der Waals surface area contributed by atoms with Gasteiger partial charge in [0.1, 0.15) is 17.1 Å². The molecule has 0 spiro atoms. The van der Waals surface area contributed by atoms with E-state index in [0.717, 1.165) is 17.1 Å². The number of aromatic nitrogens is 9. The summed E-state index contributed by atoms with van der Waals surface area (Å²) in [6, 6.07) is 28.6. The molecule has 0 fully saturated rings. The highest BCUT2D eigenvalue weighted by Gasteiger charge is 2.43. The number of para-hydroxylation sites is 3. The highest BCUT2D eigenvalue weighted by Crippen LogP contribution is 2.33. The first-order chi connectivity index (χ1) is 17.2. The Morgan fingerprint density at radius 1 is 0.457 bits per heavy atom. The van der Waals surface area contributed by atoms with Crippen molar-refractivity contribution < 1.29 is 5.11 Å². The van der Waals surface area contributed by atoms with E-state index in [1.54, 1.807) is 32.6 Å². The van der Waals surface area contributed by atoms with Crippen LogP contribution < -0.4 is 0 Å². The second-order valence-electron chi connectivity index (χ2n) is 7.86. The lowest BCUT2D eigenvalue weighted by atomic mass is 9.93. The van der Waals surface area contributed by atoms with Crippen LogP contribution in [0, 0.1) is 0 Å². The fourth-order valence-electron chi connectivity index (χ4n) is 3.80. The Hall–Kier alpha value is -4.96. The molecule has 10 nitrogen and oxygen atoms in total. The Morgan fingerprint density at radius 3 is 1.03 bits per heavy atom. The standard InChI is InChI=1S/C25H19N9O/c35-25(22-16-32(29-26-22)19-10-4-1-5-11-19,23-17-33(30-27-23)20-12-6-2-7-13-20)24-18-34(31-28-24)21-14-8-3-9-15-21/h1-18,35H. The molecule has 35 heavy (non-hydrogen) atoms. The van der Waals surface area contributed by atoms with Gasteiger partial charge in [0.2, 0.25) is 5.60 Å². The zero-order chi connectivity index (χ0) is 23.7. The van der Waals surface area contributed by atoms with Crippen molar-refractivity contribution >= 4 is 0 Å². The van der Waals surface area contributed by atoms with Gasteiger partial charge in [-0.15, -0.1) is 15.3 Å². The van der Waals surface area contributed by atoms with E-state index in [0.29, 0.717) is 0 Å². The topological polar surface area (TPSA) is 112 Å². The van der Waals surface area contributed by atoms with Crippen LogP contribution in [0.15, 0.2) is 110 Å². The number of aliphatic hydroxyl groups is 1. The summed E-state index contributed by atoms with van der Waals surface area (Å²) in [5.74, 6) is 0. The van der Waals surface area contributed by atoms with E-state index in [-0.39, 0.29) is 17.1 Å². The smallest absolute Gasteiger partial charge is 0.201 e. The lowest BCUT2D eigenvalue weighted by Crippen LogP contribution is -2.30. The molecule has 3 heterocycles. The quantitative estimate of drug-likeness (QED) is 0.406. The summed E-state index contributed by atoms with van der Waals surface area (Å²) in [7, 11) is 0. The van der Waals surface area contributed by atoms with Gasteiger partial charge in [-0.05, 0) is 36.4 Å². The maximum Gasteiger partial charge on any atom is 0.201 e. The summed E-state index contributed by atoms with van der Waals surface area (Å²) < 4.78 is 4.76. The van der Waals surface area contributed by atoms with E-state index in [9.17, 15) is 5.11 Å². The van der Waals surface area contributed by atoms with E-state index in [2.05, 4.69) is 30.9 Å². The first-order valence-corrected chi connectivity index (χ1v) is 10.9. The second kappa shape index (κ2) is 8.43. The predicted molar refractivity (Wildman–Crippen MR) is 126 cm³/mol. The van der Waals surface area contributed by atoms with Crippen LogP contribution in [0.5, 0.6) is 0 Å². The highest BCUT2D eigenvalue weighted by molar-refractivity contribution is 5.40. The lowest BCUT2D eigenvalue weighted by Gasteiger charge is -2.20. The van der Waals surface area contributed by atoms with Crippen LogP contribution in [0.4, 0.5) is 0 Å². The maximum atomic E-state index is 12.2. The molecule has 0 unspecified atom stereocenters. The molecule has 0 aliphatic heterocycles. The van der Waals surface area contributed by atoms with Crippen molar-refractivity contribution in [3.63, 3.8) is 0 Å². The monoisotopic (exact) mass is 461 g/mol. The van der Waals surface area contributed by atoms with E-state index < -0.39 is 5.60 Å². The molecular formula is C25H19N9O. The molecule has 3 aromatic heterocycles. The Balaban J connectivity index is 1.48. The summed E-state index contributed by atoms with van der Waals surface area (Å²) in [6.45, 7) is 0. The molecule has 6 rings (SSSR count). The zero-order valence-corrected chi connectivity index (χ0v) is 18.4. The van der Waals surface area contributed by atoms with Crippen LogP contribution in [-0.2, 0) is 5.60 Å². The van der Waals surface area contributed by atoms with Crippen molar-refractivity contribution in [2.45, 2.75) is 5.60 Å². The fraction of sp³-hybridized carbons (Fsp3) is 0.0400. The van der Waals surface area contributed by atoms with Gasteiger partial charge in [0, 0.05) is 0 Å². The number of nitrogens with zero attached hydrogens (tertiary/aromatic N) is 9. The minimum Gasteiger partial charge on any atom is -0.372 e. The average molecular weight is 461 g/mol. The summed E-state index contributed by atoms with van der Waals surface area (Å²) in [6.07, 6.45) is 4.95. The molecule has 6 aromatic rings. The van der Waals surface area contributed by atoms with Crippen LogP contribution in [0.25, 0.3) is 17.1 Å². The van der Waals surface area contributed by atoms with Crippen LogP contribution >= 0.6 is 0 Å². The number of hydrogen-bond acceptors (Lipinski definition) is 7. The van der Waals surface area contributed by atoms with Crippen molar-refractivity contribution in [2.75, 3.05) is 0 Å². The van der Waals surface area contributed by atoms with Gasteiger partial charge in [0.05, 0.1) is 35.7 Å². The molecule has 0 aliphatic carbocycles. The SMILES string of the molecule is OC(c1cn(-c2ccccc2)nn1)(c1cn(-c2ccccc2)nn1)c1cn(-c2ccccc2)nn1. The third-order valence-corrected chi connectivity index (χ3v) is 5.65. The van der Waals surface area contributed by atoms with Gasteiger partial charge in [0.15, 0.2) is 0 Å². The maximum absolute atomic E-state index is 12.2. The van der Waals surface area contributed by atoms with Crippen molar-refractivity contribution in [1.29, 1.82) is 0 Å². The Kier molecular flexibility index (Phi) is 4.97. The van der Waals surface area contributed by atoms with Gasteiger partial charge in [-0.25, -0.2) is 14.0 Å². The third-order valence-electron chi connectivity index (χ3n) is 5.65. The van der Waals surface area contributed by atoms with Gasteiger partial charge in [-0.2, -0.15) is 0 Å². The molecule has 1 N–H and O–H groups in total. The van der Waals surface area contributed by atoms with Gasteiger partial charge < -0.3 is 5.11 Å². The highest BCUT2D eigenvalue weighted by atomic mass is 16.3. The molecule has 0 atom stereocenters. The largest absolute Gasteiger partial charge is 0.372 e. The normalized spacial score (nSPS) is 11.6. The van der Waals surface area contributed by atoms with E-state index in [1.165, 1.54) is 0 Å². The third kappa shape index (κ3) is 3.67. The second-order valence-corrected chi connectivity index (χ2v) is 7.86. The minimum absolute atomic E-state index is 0.238. The van der Waals surface area contributed by atoms with Crippen molar-refractivity contribution in [1.82, 2.24) is 45.0 Å². The minimum atomic E-state index is -1.85. The van der Waals surface area contributed by atoms with Crippen molar-refractivity contribution in [3.8, 4) is 17.1 Å². The first-order valence-electron chi connectivity index (χ1n) is 10.9. The van der Waals surface area contributed by atoms with Gasteiger partial charge in [-0.3, -0.25) is 0 Å². The summed E-state index contributed by atoms with van der Waals surface area (Å²) in [5, 5.41) is 37.7. The molecule has 3 aromatic carbocycles. The van der Waals surface area contributed by atoms with Crippen molar-refractivity contribution in [2.24, 2.45) is 0 Å². The molecule has 0 saturated heterocycles. The van der Waals surface area contributed by atoms with Gasteiger partial charge >= 0.3 is 0 Å². The summed E-state index contributed by atoms with van der Waals surface area (Å²) in [4.78, 5) is 0. The first kappa shape index (κ1) is 20.6. The van der Waals surface area contributed by atoms with E-state index in [1.807, 2.05) is 91.0 Å². The van der Waals surface area contributed by atoms with Gasteiger partial charge in [-0.1, -0.05) is 70.2 Å². The molecule has 0 radical (unpaired) electrons. The van der Waals surface area contributed by atoms with E-state index >= 15 is 0 Å². The number of hydrogen-bond donors (Lipinski definition) is 1. The van der Waals surface area contributed by atoms with Crippen LogP contribution in [-0.4, -0.2) is 50.1 Å². The van der Waals surface area contributed by atoms with E-state index in [4.69, 9.17) is 0 Å². The Morgan fingerprint density at radius 2 is 0.743 bits per heavy atom. The molecule has 0 bridgehead atoms. The van der Waals surface area contributed by atoms with Crippen LogP contribution in [0.1, 0.15) is 17.1 Å². The molecule has 0 amide bonds. The molecular weight excluding hydrogens is 442 g/mol. The molecule has 0 saturated carbocycles.